The maximum absolute atomic E-state index is 14.4. The van der Waals surface area contributed by atoms with Crippen LogP contribution in [0.2, 0.25) is 0 Å². The lowest BCUT2D eigenvalue weighted by Crippen LogP contribution is -1.97. The second-order valence-corrected chi connectivity index (χ2v) is 8.64. The predicted molar refractivity (Wildman–Crippen MR) is 160 cm³/mol. The highest BCUT2D eigenvalue weighted by Gasteiger charge is 2.15. The van der Waals surface area contributed by atoms with Gasteiger partial charge in [0.15, 0.2) is 0 Å². The van der Waals surface area contributed by atoms with Crippen LogP contribution in [0.1, 0.15) is 104 Å². The van der Waals surface area contributed by atoms with E-state index in [9.17, 15) is 4.39 Å². The average Bonchev–Trinajstić information content (AvgIpc) is 2.90. The van der Waals surface area contributed by atoms with Gasteiger partial charge in [0, 0.05) is 5.56 Å². The Bertz CT molecular complexity index is 969. The molecular formula is C34H49F. The minimum absolute atomic E-state index is 0.209. The van der Waals surface area contributed by atoms with E-state index in [0.717, 1.165) is 33.0 Å². The Morgan fingerprint density at radius 3 is 1.69 bits per heavy atom. The zero-order valence-electron chi connectivity index (χ0n) is 23.7. The molecule has 0 heterocycles. The normalized spacial score (nSPS) is 10.3. The van der Waals surface area contributed by atoms with Crippen molar-refractivity contribution in [3.05, 3.63) is 95.8 Å². The molecule has 35 heavy (non-hydrogen) atoms. The lowest BCUT2D eigenvalue weighted by molar-refractivity contribution is 0.623. The molecule has 3 rings (SSSR count). The number of allylic oxidation sites excluding steroid dienone is 3. The van der Waals surface area contributed by atoms with E-state index in [1.54, 1.807) is 6.07 Å². The van der Waals surface area contributed by atoms with Gasteiger partial charge in [0.1, 0.15) is 5.82 Å². The zero-order valence-corrected chi connectivity index (χ0v) is 23.7. The van der Waals surface area contributed by atoms with Gasteiger partial charge in [-0.15, -0.1) is 0 Å². The van der Waals surface area contributed by atoms with E-state index in [4.69, 9.17) is 0 Å². The van der Waals surface area contributed by atoms with Crippen molar-refractivity contribution in [2.24, 2.45) is 0 Å². The maximum Gasteiger partial charge on any atom is 0.131 e. The largest absolute Gasteiger partial charge is 0.206 e. The number of unbranched alkanes of at least 4 members (excludes halogenated alkanes) is 3. The van der Waals surface area contributed by atoms with Crippen LogP contribution in [0.15, 0.2) is 73.3 Å². The highest BCUT2D eigenvalue weighted by molar-refractivity contribution is 6.10. The summed E-state index contributed by atoms with van der Waals surface area (Å²) in [6.45, 7) is 21.2. The highest BCUT2D eigenvalue weighted by atomic mass is 19.1. The van der Waals surface area contributed by atoms with E-state index < -0.39 is 0 Å². The molecule has 3 aromatic rings. The number of aryl methyl sites for hydroxylation is 1. The molecule has 0 atom stereocenters. The van der Waals surface area contributed by atoms with Gasteiger partial charge in [-0.3, -0.25) is 0 Å². The van der Waals surface area contributed by atoms with Gasteiger partial charge in [0.2, 0.25) is 0 Å². The van der Waals surface area contributed by atoms with Crippen molar-refractivity contribution in [3.8, 4) is 0 Å². The molecule has 0 unspecified atom stereocenters. The fourth-order valence-corrected chi connectivity index (χ4v) is 3.08. The molecule has 0 spiro atoms. The fraction of sp³-hybridized carbons (Fsp3) is 0.412. The summed E-state index contributed by atoms with van der Waals surface area (Å²) in [6, 6.07) is 19.5. The molecule has 0 radical (unpaired) electrons. The van der Waals surface area contributed by atoms with Crippen LogP contribution < -0.4 is 0 Å². The Hall–Kier alpha value is -2.67. The first-order chi connectivity index (χ1) is 16.9. The third-order valence-corrected chi connectivity index (χ3v) is 5.72. The lowest BCUT2D eigenvalue weighted by atomic mass is 9.88. The minimum atomic E-state index is -0.209. The topological polar surface area (TPSA) is 0 Å². The van der Waals surface area contributed by atoms with E-state index in [1.807, 2.05) is 50.3 Å². The molecule has 0 nitrogen and oxygen atoms in total. The quantitative estimate of drug-likeness (QED) is 0.310. The van der Waals surface area contributed by atoms with Crippen LogP contribution in [0, 0.1) is 12.7 Å². The van der Waals surface area contributed by atoms with Crippen molar-refractivity contribution in [3.63, 3.8) is 0 Å². The molecule has 0 saturated heterocycles. The molecule has 3 aromatic carbocycles. The number of fused-ring (bicyclic) bond motifs is 1. The second kappa shape index (κ2) is 19.6. The van der Waals surface area contributed by atoms with E-state index in [2.05, 4.69) is 66.3 Å². The molecule has 1 heteroatoms. The summed E-state index contributed by atoms with van der Waals surface area (Å²) in [5, 5.41) is 2.29. The lowest BCUT2D eigenvalue weighted by Gasteiger charge is -2.16. The standard InChI is InChI=1S/C22H19F.3C4H10/c1-4-18(22-15(2)9-7-14-21(22)23)16(3)19-13-8-11-17-10-5-6-12-20(17)19;3*1-3-4-2/h4-14H,3H2,1-2H3;3*3-4H2,1-2H3/b18-4-;;;. The van der Waals surface area contributed by atoms with Gasteiger partial charge in [0.25, 0.3) is 0 Å². The first kappa shape index (κ1) is 32.3. The summed E-state index contributed by atoms with van der Waals surface area (Å²) in [6.07, 6.45) is 9.86. The van der Waals surface area contributed by atoms with Crippen LogP contribution in [0.25, 0.3) is 21.9 Å². The van der Waals surface area contributed by atoms with Crippen molar-refractivity contribution in [2.75, 3.05) is 0 Å². The molecule has 0 N–H and O–H groups in total. The number of hydrogen-bond acceptors (Lipinski definition) is 0. The van der Waals surface area contributed by atoms with Gasteiger partial charge in [0.05, 0.1) is 0 Å². The van der Waals surface area contributed by atoms with Crippen LogP contribution in [-0.4, -0.2) is 0 Å². The van der Waals surface area contributed by atoms with Crippen LogP contribution in [0.4, 0.5) is 4.39 Å². The molecule has 0 saturated carbocycles. The molecule has 0 aliphatic heterocycles. The first-order valence-electron chi connectivity index (χ1n) is 13.5. The Morgan fingerprint density at radius 2 is 1.20 bits per heavy atom. The van der Waals surface area contributed by atoms with Gasteiger partial charge < -0.3 is 0 Å². The monoisotopic (exact) mass is 476 g/mol. The molecule has 0 aliphatic carbocycles. The molecular weight excluding hydrogens is 427 g/mol. The van der Waals surface area contributed by atoms with Crippen molar-refractivity contribution >= 4 is 21.9 Å². The maximum atomic E-state index is 14.4. The second-order valence-electron chi connectivity index (χ2n) is 8.64. The predicted octanol–water partition coefficient (Wildman–Crippen LogP) is 11.8. The van der Waals surface area contributed by atoms with Crippen molar-refractivity contribution in [1.82, 2.24) is 0 Å². The molecule has 0 amide bonds. The third-order valence-electron chi connectivity index (χ3n) is 5.72. The SMILES string of the molecule is C=C(/C(=C/C)c1c(C)cccc1F)c1cccc2ccccc12.CCCC.CCCC.CCCC. The molecule has 0 fully saturated rings. The van der Waals surface area contributed by atoms with Crippen molar-refractivity contribution < 1.29 is 4.39 Å². The number of halogens is 1. The van der Waals surface area contributed by atoms with Crippen LogP contribution in [0.3, 0.4) is 0 Å². The van der Waals surface area contributed by atoms with Crippen LogP contribution >= 0.6 is 0 Å². The number of rotatable bonds is 6. The molecule has 0 aromatic heterocycles. The Labute approximate surface area is 216 Å². The van der Waals surface area contributed by atoms with E-state index >= 15 is 0 Å². The van der Waals surface area contributed by atoms with Crippen molar-refractivity contribution in [2.45, 2.75) is 93.9 Å². The van der Waals surface area contributed by atoms with Crippen molar-refractivity contribution in [1.29, 1.82) is 0 Å². The fourth-order valence-electron chi connectivity index (χ4n) is 3.08. The van der Waals surface area contributed by atoms with E-state index in [1.165, 1.54) is 44.6 Å². The van der Waals surface area contributed by atoms with Gasteiger partial charge in [-0.05, 0) is 53.0 Å². The Kier molecular flexibility index (Phi) is 18.1. The Balaban J connectivity index is 0.000000807. The van der Waals surface area contributed by atoms with Crippen LogP contribution in [0.5, 0.6) is 0 Å². The van der Waals surface area contributed by atoms with Crippen LogP contribution in [-0.2, 0) is 0 Å². The summed E-state index contributed by atoms with van der Waals surface area (Å²) >= 11 is 0. The average molecular weight is 477 g/mol. The molecule has 192 valence electrons. The minimum Gasteiger partial charge on any atom is -0.206 e. The summed E-state index contributed by atoms with van der Waals surface area (Å²) in [5.41, 5.74) is 4.28. The van der Waals surface area contributed by atoms with E-state index in [-0.39, 0.29) is 5.82 Å². The summed E-state index contributed by atoms with van der Waals surface area (Å²) in [5.74, 6) is -0.209. The summed E-state index contributed by atoms with van der Waals surface area (Å²) in [4.78, 5) is 0. The molecule has 0 bridgehead atoms. The zero-order chi connectivity index (χ0) is 26.6. The number of hydrogen-bond donors (Lipinski definition) is 0. The first-order valence-corrected chi connectivity index (χ1v) is 13.5. The highest BCUT2D eigenvalue weighted by Crippen LogP contribution is 2.36. The van der Waals surface area contributed by atoms with Gasteiger partial charge in [-0.1, -0.05) is 147 Å². The summed E-state index contributed by atoms with van der Waals surface area (Å²) in [7, 11) is 0. The third kappa shape index (κ3) is 11.1. The van der Waals surface area contributed by atoms with Gasteiger partial charge in [-0.25, -0.2) is 4.39 Å². The van der Waals surface area contributed by atoms with Gasteiger partial charge in [-0.2, -0.15) is 0 Å². The number of benzene rings is 3. The Morgan fingerprint density at radius 1 is 0.714 bits per heavy atom. The molecule has 0 aliphatic rings. The summed E-state index contributed by atoms with van der Waals surface area (Å²) < 4.78 is 14.4. The van der Waals surface area contributed by atoms with E-state index in [0.29, 0.717) is 5.56 Å². The van der Waals surface area contributed by atoms with Gasteiger partial charge >= 0.3 is 0 Å². The smallest absolute Gasteiger partial charge is 0.131 e.